The van der Waals surface area contributed by atoms with Crippen LogP contribution in [0, 0.1) is 0 Å². The fourth-order valence-electron chi connectivity index (χ4n) is 2.38. The van der Waals surface area contributed by atoms with Crippen LogP contribution < -0.4 is 15.4 Å². The Morgan fingerprint density at radius 3 is 2.82 bits per heavy atom. The van der Waals surface area contributed by atoms with Gasteiger partial charge in [0.25, 0.3) is 0 Å². The van der Waals surface area contributed by atoms with E-state index in [1.807, 2.05) is 19.1 Å². The quantitative estimate of drug-likeness (QED) is 0.874. The van der Waals surface area contributed by atoms with Crippen LogP contribution >= 0.6 is 0 Å². The maximum atomic E-state index is 5.84. The van der Waals surface area contributed by atoms with Crippen molar-refractivity contribution in [1.29, 1.82) is 0 Å². The van der Waals surface area contributed by atoms with Crippen molar-refractivity contribution in [3.8, 4) is 5.88 Å². The molecule has 2 rings (SSSR count). The van der Waals surface area contributed by atoms with Gasteiger partial charge in [-0.15, -0.1) is 0 Å². The number of nitrogen functional groups attached to an aromatic ring is 1. The van der Waals surface area contributed by atoms with Crippen LogP contribution in [-0.2, 0) is 0 Å². The van der Waals surface area contributed by atoms with Crippen molar-refractivity contribution in [1.82, 2.24) is 4.98 Å². The Hall–Kier alpha value is -1.45. The summed E-state index contributed by atoms with van der Waals surface area (Å²) < 4.78 is 5.44. The molecule has 2 N–H and O–H groups in total. The molecule has 4 nitrogen and oxygen atoms in total. The van der Waals surface area contributed by atoms with Crippen LogP contribution in [0.25, 0.3) is 0 Å². The molecule has 2 heterocycles. The highest BCUT2D eigenvalue weighted by Crippen LogP contribution is 2.34. The molecule has 0 radical (unpaired) electrons. The van der Waals surface area contributed by atoms with Gasteiger partial charge in [0.15, 0.2) is 0 Å². The Bertz CT molecular complexity index is 404. The Balaban J connectivity index is 2.30. The lowest BCUT2D eigenvalue weighted by molar-refractivity contribution is 0.328. The minimum Gasteiger partial charge on any atom is -0.476 e. The molecule has 0 bridgehead atoms. The maximum Gasteiger partial charge on any atom is 0.239 e. The van der Waals surface area contributed by atoms with Crippen LogP contribution in [-0.4, -0.2) is 23.7 Å². The molecule has 0 aromatic carbocycles. The maximum absolute atomic E-state index is 5.84. The topological polar surface area (TPSA) is 51.4 Å². The van der Waals surface area contributed by atoms with Gasteiger partial charge in [-0.25, -0.2) is 0 Å². The van der Waals surface area contributed by atoms with E-state index in [0.717, 1.165) is 12.4 Å². The van der Waals surface area contributed by atoms with Crippen LogP contribution in [0.15, 0.2) is 12.1 Å². The summed E-state index contributed by atoms with van der Waals surface area (Å²) in [5.74, 6) is 1.51. The van der Waals surface area contributed by atoms with Gasteiger partial charge in [0.05, 0.1) is 12.3 Å². The SMILES string of the molecule is CCOc1nc(N2CCCC2(C)C)ccc1N. The molecule has 1 saturated heterocycles. The predicted molar refractivity (Wildman–Crippen MR) is 70.5 cm³/mol. The predicted octanol–water partition coefficient (Wildman–Crippen LogP) is 2.44. The standard InChI is InChI=1S/C13H21N3O/c1-4-17-12-10(14)6-7-11(15-12)16-9-5-8-13(16,2)3/h6-7H,4-5,8-9,14H2,1-3H3. The van der Waals surface area contributed by atoms with E-state index in [-0.39, 0.29) is 5.54 Å². The zero-order chi connectivity index (χ0) is 12.5. The molecule has 0 amide bonds. The Labute approximate surface area is 103 Å². The van der Waals surface area contributed by atoms with E-state index in [2.05, 4.69) is 23.7 Å². The lowest BCUT2D eigenvalue weighted by Crippen LogP contribution is -2.38. The Morgan fingerprint density at radius 1 is 1.47 bits per heavy atom. The molecule has 0 spiro atoms. The van der Waals surface area contributed by atoms with E-state index in [0.29, 0.717) is 18.2 Å². The molecule has 17 heavy (non-hydrogen) atoms. The summed E-state index contributed by atoms with van der Waals surface area (Å²) in [5, 5.41) is 0. The summed E-state index contributed by atoms with van der Waals surface area (Å²) in [6.07, 6.45) is 2.41. The van der Waals surface area contributed by atoms with Crippen molar-refractivity contribution in [2.75, 3.05) is 23.8 Å². The minimum atomic E-state index is 0.173. The smallest absolute Gasteiger partial charge is 0.239 e. The van der Waals surface area contributed by atoms with Crippen LogP contribution in [0.2, 0.25) is 0 Å². The second-order valence-electron chi connectivity index (χ2n) is 5.06. The second-order valence-corrected chi connectivity index (χ2v) is 5.06. The highest BCUT2D eigenvalue weighted by atomic mass is 16.5. The summed E-state index contributed by atoms with van der Waals surface area (Å²) in [5.41, 5.74) is 6.61. The fourth-order valence-corrected chi connectivity index (χ4v) is 2.38. The normalized spacial score (nSPS) is 18.4. The van der Waals surface area contributed by atoms with Crippen molar-refractivity contribution in [2.45, 2.75) is 39.2 Å². The molecule has 1 aromatic heterocycles. The molecule has 0 saturated carbocycles. The number of nitrogens with two attached hydrogens (primary N) is 1. The van der Waals surface area contributed by atoms with Gasteiger partial charge in [0.2, 0.25) is 5.88 Å². The van der Waals surface area contributed by atoms with Crippen molar-refractivity contribution in [3.05, 3.63) is 12.1 Å². The lowest BCUT2D eigenvalue weighted by Gasteiger charge is -2.32. The first-order chi connectivity index (χ1) is 8.04. The summed E-state index contributed by atoms with van der Waals surface area (Å²) in [4.78, 5) is 6.85. The number of rotatable bonds is 3. The molecule has 0 aliphatic carbocycles. The third-order valence-electron chi connectivity index (χ3n) is 3.33. The first-order valence-corrected chi connectivity index (χ1v) is 6.21. The van der Waals surface area contributed by atoms with Crippen LogP contribution in [0.4, 0.5) is 11.5 Å². The van der Waals surface area contributed by atoms with Gasteiger partial charge in [0, 0.05) is 12.1 Å². The van der Waals surface area contributed by atoms with Crippen molar-refractivity contribution in [3.63, 3.8) is 0 Å². The van der Waals surface area contributed by atoms with E-state index >= 15 is 0 Å². The van der Waals surface area contributed by atoms with Gasteiger partial charge < -0.3 is 15.4 Å². The number of ether oxygens (including phenoxy) is 1. The molecule has 4 heteroatoms. The van der Waals surface area contributed by atoms with Gasteiger partial charge in [-0.3, -0.25) is 0 Å². The largest absolute Gasteiger partial charge is 0.476 e. The number of aromatic nitrogens is 1. The molecular formula is C13H21N3O. The molecule has 1 aliphatic rings. The van der Waals surface area contributed by atoms with Gasteiger partial charge in [0.1, 0.15) is 5.82 Å². The third kappa shape index (κ3) is 2.30. The average Bonchev–Trinajstić information content (AvgIpc) is 2.62. The average molecular weight is 235 g/mol. The van der Waals surface area contributed by atoms with E-state index in [1.165, 1.54) is 12.8 Å². The zero-order valence-electron chi connectivity index (χ0n) is 10.9. The van der Waals surface area contributed by atoms with Crippen LogP contribution in [0.5, 0.6) is 5.88 Å². The monoisotopic (exact) mass is 235 g/mol. The first-order valence-electron chi connectivity index (χ1n) is 6.21. The van der Waals surface area contributed by atoms with Crippen molar-refractivity contribution in [2.24, 2.45) is 0 Å². The van der Waals surface area contributed by atoms with E-state index in [9.17, 15) is 0 Å². The fraction of sp³-hybridized carbons (Fsp3) is 0.615. The van der Waals surface area contributed by atoms with Gasteiger partial charge >= 0.3 is 0 Å². The lowest BCUT2D eigenvalue weighted by atomic mass is 10.0. The molecular weight excluding hydrogens is 214 g/mol. The third-order valence-corrected chi connectivity index (χ3v) is 3.33. The highest BCUT2D eigenvalue weighted by molar-refractivity contribution is 5.55. The first kappa shape index (κ1) is 12.0. The summed E-state index contributed by atoms with van der Waals surface area (Å²) in [6.45, 7) is 8.07. The molecule has 0 unspecified atom stereocenters. The van der Waals surface area contributed by atoms with Crippen LogP contribution in [0.1, 0.15) is 33.6 Å². The summed E-state index contributed by atoms with van der Waals surface area (Å²) in [6, 6.07) is 3.85. The Morgan fingerprint density at radius 2 is 2.24 bits per heavy atom. The molecule has 1 aliphatic heterocycles. The Kier molecular flexibility index (Phi) is 3.13. The molecule has 1 fully saturated rings. The van der Waals surface area contributed by atoms with E-state index in [1.54, 1.807) is 0 Å². The van der Waals surface area contributed by atoms with Crippen molar-refractivity contribution < 1.29 is 4.74 Å². The summed E-state index contributed by atoms with van der Waals surface area (Å²) in [7, 11) is 0. The second kappa shape index (κ2) is 4.43. The minimum absolute atomic E-state index is 0.173. The number of hydrogen-bond acceptors (Lipinski definition) is 4. The number of anilines is 2. The molecule has 1 aromatic rings. The van der Waals surface area contributed by atoms with Gasteiger partial charge in [-0.1, -0.05) is 0 Å². The summed E-state index contributed by atoms with van der Waals surface area (Å²) >= 11 is 0. The molecule has 0 atom stereocenters. The molecule has 94 valence electrons. The van der Waals surface area contributed by atoms with Gasteiger partial charge in [-0.05, 0) is 45.7 Å². The van der Waals surface area contributed by atoms with E-state index in [4.69, 9.17) is 10.5 Å². The zero-order valence-corrected chi connectivity index (χ0v) is 10.9. The van der Waals surface area contributed by atoms with Crippen molar-refractivity contribution >= 4 is 11.5 Å². The number of nitrogens with zero attached hydrogens (tertiary/aromatic N) is 2. The highest BCUT2D eigenvalue weighted by Gasteiger charge is 2.32. The van der Waals surface area contributed by atoms with E-state index < -0.39 is 0 Å². The van der Waals surface area contributed by atoms with Gasteiger partial charge in [-0.2, -0.15) is 4.98 Å². The number of pyridine rings is 1. The van der Waals surface area contributed by atoms with Crippen LogP contribution in [0.3, 0.4) is 0 Å². The number of hydrogen-bond donors (Lipinski definition) is 1.